The SMILES string of the molecule is CCOCOc1ccc2nc(-c3ccc(NC=O)c(N(C)C)c3)sc2c1. The Balaban J connectivity index is 1.92. The predicted octanol–water partition coefficient (Wildman–Crippen LogP) is 3.97. The molecule has 3 rings (SSSR count). The summed E-state index contributed by atoms with van der Waals surface area (Å²) in [6.07, 6.45) is 0.684. The minimum absolute atomic E-state index is 0.241. The summed E-state index contributed by atoms with van der Waals surface area (Å²) in [5, 5.41) is 3.65. The molecule has 0 aliphatic carbocycles. The lowest BCUT2D eigenvalue weighted by atomic mass is 10.1. The fourth-order valence-electron chi connectivity index (χ4n) is 2.53. The van der Waals surface area contributed by atoms with Crippen LogP contribution in [0.2, 0.25) is 0 Å². The van der Waals surface area contributed by atoms with E-state index in [0.29, 0.717) is 13.0 Å². The molecule has 1 amide bonds. The van der Waals surface area contributed by atoms with Crippen LogP contribution >= 0.6 is 11.3 Å². The van der Waals surface area contributed by atoms with Crippen LogP contribution < -0.4 is 15.0 Å². The molecule has 1 aromatic heterocycles. The largest absolute Gasteiger partial charge is 0.468 e. The summed E-state index contributed by atoms with van der Waals surface area (Å²) in [6, 6.07) is 11.7. The number of ether oxygens (including phenoxy) is 2. The number of carbonyl (C=O) groups is 1. The minimum atomic E-state index is 0.241. The number of rotatable bonds is 8. The zero-order chi connectivity index (χ0) is 18.5. The first-order valence-electron chi connectivity index (χ1n) is 8.25. The van der Waals surface area contributed by atoms with E-state index in [9.17, 15) is 4.79 Å². The third-order valence-electron chi connectivity index (χ3n) is 3.81. The van der Waals surface area contributed by atoms with Gasteiger partial charge < -0.3 is 19.7 Å². The molecule has 0 saturated heterocycles. The van der Waals surface area contributed by atoms with Crippen molar-refractivity contribution in [2.45, 2.75) is 6.92 Å². The number of hydrogen-bond acceptors (Lipinski definition) is 6. The van der Waals surface area contributed by atoms with E-state index >= 15 is 0 Å². The maximum Gasteiger partial charge on any atom is 0.211 e. The van der Waals surface area contributed by atoms with Gasteiger partial charge in [0, 0.05) is 26.3 Å². The zero-order valence-electron chi connectivity index (χ0n) is 15.0. The molecule has 0 spiro atoms. The van der Waals surface area contributed by atoms with Crippen molar-refractivity contribution in [1.82, 2.24) is 4.98 Å². The van der Waals surface area contributed by atoms with Gasteiger partial charge in [0.25, 0.3) is 0 Å². The Bertz CT molecular complexity index is 908. The number of nitrogens with zero attached hydrogens (tertiary/aromatic N) is 2. The van der Waals surface area contributed by atoms with Crippen molar-refractivity contribution in [2.24, 2.45) is 0 Å². The predicted molar refractivity (Wildman–Crippen MR) is 106 cm³/mol. The van der Waals surface area contributed by atoms with Gasteiger partial charge in [-0.3, -0.25) is 4.79 Å². The highest BCUT2D eigenvalue weighted by Gasteiger charge is 2.11. The Morgan fingerprint density at radius 2 is 2.08 bits per heavy atom. The first kappa shape index (κ1) is 18.2. The molecule has 0 saturated carbocycles. The van der Waals surface area contributed by atoms with Crippen molar-refractivity contribution < 1.29 is 14.3 Å². The molecule has 3 aromatic rings. The number of anilines is 2. The zero-order valence-corrected chi connectivity index (χ0v) is 15.8. The van der Waals surface area contributed by atoms with Crippen LogP contribution in [0.3, 0.4) is 0 Å². The topological polar surface area (TPSA) is 63.7 Å². The smallest absolute Gasteiger partial charge is 0.211 e. The Hall–Kier alpha value is -2.64. The molecule has 2 aromatic carbocycles. The first-order chi connectivity index (χ1) is 12.6. The highest BCUT2D eigenvalue weighted by Crippen LogP contribution is 2.35. The Labute approximate surface area is 156 Å². The highest BCUT2D eigenvalue weighted by molar-refractivity contribution is 7.21. The molecular weight excluding hydrogens is 350 g/mol. The molecule has 0 aliphatic heterocycles. The molecule has 1 heterocycles. The van der Waals surface area contributed by atoms with E-state index < -0.39 is 0 Å². The molecule has 7 heteroatoms. The van der Waals surface area contributed by atoms with Crippen molar-refractivity contribution in [2.75, 3.05) is 37.7 Å². The number of thiazole rings is 1. The van der Waals surface area contributed by atoms with Crippen molar-refractivity contribution >= 4 is 39.3 Å². The van der Waals surface area contributed by atoms with Gasteiger partial charge in [0.15, 0.2) is 6.79 Å². The molecule has 136 valence electrons. The average molecular weight is 371 g/mol. The highest BCUT2D eigenvalue weighted by atomic mass is 32.1. The van der Waals surface area contributed by atoms with Crippen LogP contribution in [0.25, 0.3) is 20.8 Å². The first-order valence-corrected chi connectivity index (χ1v) is 9.07. The third-order valence-corrected chi connectivity index (χ3v) is 4.88. The number of benzene rings is 2. The van der Waals surface area contributed by atoms with Crippen molar-refractivity contribution in [3.63, 3.8) is 0 Å². The number of aromatic nitrogens is 1. The standard InChI is InChI=1S/C19H21N3O3S/c1-4-24-12-25-14-6-8-16-18(10-14)26-19(21-16)13-5-7-15(20-11-23)17(9-13)22(2)3/h5-11H,4,12H2,1-3H3,(H,20,23). The van der Waals surface area contributed by atoms with Crippen LogP contribution in [0.1, 0.15) is 6.92 Å². The summed E-state index contributed by atoms with van der Waals surface area (Å²) in [6.45, 7) is 2.79. The summed E-state index contributed by atoms with van der Waals surface area (Å²) in [7, 11) is 3.88. The van der Waals surface area contributed by atoms with Gasteiger partial charge in [-0.2, -0.15) is 0 Å². The third kappa shape index (κ3) is 3.95. The van der Waals surface area contributed by atoms with E-state index in [2.05, 4.69) is 5.32 Å². The Kier molecular flexibility index (Phi) is 5.70. The van der Waals surface area contributed by atoms with Gasteiger partial charge in [0.05, 0.1) is 21.6 Å². The lowest BCUT2D eigenvalue weighted by Crippen LogP contribution is -2.11. The van der Waals surface area contributed by atoms with E-state index in [0.717, 1.165) is 37.9 Å². The summed E-state index contributed by atoms with van der Waals surface area (Å²) in [5.41, 5.74) is 3.62. The maximum atomic E-state index is 10.8. The Morgan fingerprint density at radius 3 is 2.81 bits per heavy atom. The summed E-state index contributed by atoms with van der Waals surface area (Å²) < 4.78 is 11.8. The Morgan fingerprint density at radius 1 is 1.23 bits per heavy atom. The summed E-state index contributed by atoms with van der Waals surface area (Å²) >= 11 is 1.60. The van der Waals surface area contributed by atoms with Gasteiger partial charge >= 0.3 is 0 Å². The van der Waals surface area contributed by atoms with Crippen LogP contribution in [0, 0.1) is 0 Å². The van der Waals surface area contributed by atoms with Crippen LogP contribution in [0.15, 0.2) is 36.4 Å². The van der Waals surface area contributed by atoms with E-state index in [1.165, 1.54) is 0 Å². The van der Waals surface area contributed by atoms with Gasteiger partial charge in [-0.1, -0.05) is 0 Å². The van der Waals surface area contributed by atoms with Gasteiger partial charge in [-0.15, -0.1) is 11.3 Å². The molecule has 0 aliphatic rings. The van der Waals surface area contributed by atoms with Gasteiger partial charge in [-0.25, -0.2) is 4.98 Å². The molecule has 0 fully saturated rings. The second-order valence-corrected chi connectivity index (χ2v) is 6.82. The fraction of sp³-hybridized carbons (Fsp3) is 0.263. The van der Waals surface area contributed by atoms with Crippen molar-refractivity contribution in [1.29, 1.82) is 0 Å². The van der Waals surface area contributed by atoms with Crippen LogP contribution in [-0.2, 0) is 9.53 Å². The van der Waals surface area contributed by atoms with Gasteiger partial charge in [0.2, 0.25) is 6.41 Å². The number of fused-ring (bicyclic) bond motifs is 1. The quantitative estimate of drug-likeness (QED) is 0.369. The van der Waals surface area contributed by atoms with Gasteiger partial charge in [-0.05, 0) is 43.3 Å². The lowest BCUT2D eigenvalue weighted by molar-refractivity contribution is -0.105. The molecule has 0 radical (unpaired) electrons. The van der Waals surface area contributed by atoms with Crippen molar-refractivity contribution in [3.8, 4) is 16.3 Å². The van der Waals surface area contributed by atoms with E-state index in [1.54, 1.807) is 11.3 Å². The fourth-order valence-corrected chi connectivity index (χ4v) is 3.52. The molecule has 0 bridgehead atoms. The van der Waals surface area contributed by atoms with E-state index in [4.69, 9.17) is 14.5 Å². The molecule has 0 atom stereocenters. The molecule has 26 heavy (non-hydrogen) atoms. The summed E-state index contributed by atoms with van der Waals surface area (Å²) in [5.74, 6) is 0.765. The monoisotopic (exact) mass is 371 g/mol. The number of hydrogen-bond donors (Lipinski definition) is 1. The molecular formula is C19H21N3O3S. The molecule has 1 N–H and O–H groups in total. The number of carbonyl (C=O) groups excluding carboxylic acids is 1. The molecule has 0 unspecified atom stereocenters. The average Bonchev–Trinajstić information content (AvgIpc) is 3.05. The van der Waals surface area contributed by atoms with Crippen LogP contribution in [0.4, 0.5) is 11.4 Å². The number of nitrogens with one attached hydrogen (secondary N) is 1. The maximum absolute atomic E-state index is 10.8. The van der Waals surface area contributed by atoms with E-state index in [1.807, 2.05) is 62.3 Å². The lowest BCUT2D eigenvalue weighted by Gasteiger charge is -2.17. The molecule has 6 nitrogen and oxygen atoms in total. The second kappa shape index (κ2) is 8.16. The normalized spacial score (nSPS) is 10.7. The van der Waals surface area contributed by atoms with Crippen LogP contribution in [0.5, 0.6) is 5.75 Å². The summed E-state index contributed by atoms with van der Waals surface area (Å²) in [4.78, 5) is 17.5. The van der Waals surface area contributed by atoms with E-state index in [-0.39, 0.29) is 6.79 Å². The van der Waals surface area contributed by atoms with Crippen molar-refractivity contribution in [3.05, 3.63) is 36.4 Å². The van der Waals surface area contributed by atoms with Crippen LogP contribution in [-0.4, -0.2) is 38.9 Å². The van der Waals surface area contributed by atoms with Gasteiger partial charge in [0.1, 0.15) is 10.8 Å². The second-order valence-electron chi connectivity index (χ2n) is 5.79. The number of amides is 1. The minimum Gasteiger partial charge on any atom is -0.468 e.